The molecule has 6 N–H and O–H groups in total. The fraction of sp³-hybridized carbons (Fsp3) is 0.455. The van der Waals surface area contributed by atoms with Crippen molar-refractivity contribution in [1.29, 1.82) is 0 Å². The molecule has 0 unspecified atom stereocenters. The predicted molar refractivity (Wildman–Crippen MR) is 119 cm³/mol. The third kappa shape index (κ3) is 6.14. The molecular weight excluding hydrogens is 396 g/mol. The van der Waals surface area contributed by atoms with E-state index in [1.165, 1.54) is 11.8 Å². The first-order chi connectivity index (χ1) is 14.8. The van der Waals surface area contributed by atoms with E-state index in [9.17, 15) is 9.59 Å². The van der Waals surface area contributed by atoms with Gasteiger partial charge in [0, 0.05) is 25.1 Å². The van der Waals surface area contributed by atoms with Gasteiger partial charge in [0.15, 0.2) is 0 Å². The molecule has 0 radical (unpaired) electrons. The van der Waals surface area contributed by atoms with E-state index in [0.29, 0.717) is 12.3 Å². The summed E-state index contributed by atoms with van der Waals surface area (Å²) in [5, 5.41) is 6.09. The van der Waals surface area contributed by atoms with Crippen LogP contribution in [0.4, 0.5) is 17.5 Å². The molecule has 166 valence electrons. The highest BCUT2D eigenvalue weighted by atomic mass is 16.5. The maximum Gasteiger partial charge on any atom is 0.254 e. The van der Waals surface area contributed by atoms with Gasteiger partial charge in [-0.25, -0.2) is 4.98 Å². The molecule has 1 atom stereocenters. The van der Waals surface area contributed by atoms with E-state index in [4.69, 9.17) is 16.2 Å². The van der Waals surface area contributed by atoms with E-state index < -0.39 is 17.9 Å². The lowest BCUT2D eigenvalue weighted by molar-refractivity contribution is -0.119. The number of rotatable bonds is 9. The SMILES string of the molecule is CC(C)C[C@@H](Nc1ncc(C(N)=O)c(Nc2ccc(C3CCOCC3)cc2)n1)C(N)=O. The van der Waals surface area contributed by atoms with Crippen LogP contribution in [-0.4, -0.2) is 41.0 Å². The normalized spacial score (nSPS) is 15.5. The smallest absolute Gasteiger partial charge is 0.254 e. The Bertz CT molecular complexity index is 910. The number of primary amides is 2. The first-order valence-corrected chi connectivity index (χ1v) is 10.5. The number of benzene rings is 1. The average Bonchev–Trinajstić information content (AvgIpc) is 2.74. The predicted octanol–water partition coefficient (Wildman–Crippen LogP) is 2.52. The van der Waals surface area contributed by atoms with Gasteiger partial charge in [-0.2, -0.15) is 4.98 Å². The molecule has 0 aliphatic carbocycles. The molecule has 2 aromatic rings. The maximum atomic E-state index is 11.9. The van der Waals surface area contributed by atoms with Gasteiger partial charge in [-0.1, -0.05) is 26.0 Å². The monoisotopic (exact) mass is 426 g/mol. The topological polar surface area (TPSA) is 145 Å². The van der Waals surface area contributed by atoms with Gasteiger partial charge in [0.05, 0.1) is 0 Å². The molecule has 0 spiro atoms. The lowest BCUT2D eigenvalue weighted by Crippen LogP contribution is -2.37. The number of nitrogens with zero attached hydrogens (tertiary/aromatic N) is 2. The average molecular weight is 427 g/mol. The largest absolute Gasteiger partial charge is 0.381 e. The molecule has 0 bridgehead atoms. The minimum absolute atomic E-state index is 0.151. The summed E-state index contributed by atoms with van der Waals surface area (Å²) in [6.45, 7) is 5.55. The molecule has 9 heteroatoms. The third-order valence-electron chi connectivity index (χ3n) is 5.27. The van der Waals surface area contributed by atoms with Crippen LogP contribution in [0.2, 0.25) is 0 Å². The van der Waals surface area contributed by atoms with Crippen LogP contribution in [0.5, 0.6) is 0 Å². The van der Waals surface area contributed by atoms with Crippen molar-refractivity contribution >= 4 is 29.3 Å². The molecular formula is C22H30N6O3. The van der Waals surface area contributed by atoms with Crippen molar-refractivity contribution in [1.82, 2.24) is 9.97 Å². The Morgan fingerprint density at radius 2 is 1.84 bits per heavy atom. The van der Waals surface area contributed by atoms with E-state index in [1.54, 1.807) is 0 Å². The van der Waals surface area contributed by atoms with Crippen molar-refractivity contribution in [2.45, 2.75) is 45.1 Å². The van der Waals surface area contributed by atoms with E-state index in [2.05, 4.69) is 32.7 Å². The van der Waals surface area contributed by atoms with Crippen LogP contribution < -0.4 is 22.1 Å². The zero-order chi connectivity index (χ0) is 22.4. The summed E-state index contributed by atoms with van der Waals surface area (Å²) in [7, 11) is 0. The van der Waals surface area contributed by atoms with Gasteiger partial charge < -0.3 is 26.8 Å². The Labute approximate surface area is 182 Å². The van der Waals surface area contributed by atoms with E-state index in [0.717, 1.165) is 31.7 Å². The van der Waals surface area contributed by atoms with Gasteiger partial charge in [0.25, 0.3) is 5.91 Å². The summed E-state index contributed by atoms with van der Waals surface area (Å²) in [6.07, 6.45) is 3.89. The number of amides is 2. The Kier molecular flexibility index (Phi) is 7.41. The van der Waals surface area contributed by atoms with Gasteiger partial charge in [-0.05, 0) is 48.8 Å². The van der Waals surface area contributed by atoms with Gasteiger partial charge in [0.2, 0.25) is 11.9 Å². The number of hydrogen-bond donors (Lipinski definition) is 4. The second kappa shape index (κ2) is 10.2. The zero-order valence-electron chi connectivity index (χ0n) is 17.9. The van der Waals surface area contributed by atoms with Gasteiger partial charge in [-0.15, -0.1) is 0 Å². The summed E-state index contributed by atoms with van der Waals surface area (Å²) in [4.78, 5) is 32.1. The molecule has 1 aliphatic heterocycles. The minimum atomic E-state index is -0.651. The lowest BCUT2D eigenvalue weighted by Gasteiger charge is -2.22. The van der Waals surface area contributed by atoms with Gasteiger partial charge in [-0.3, -0.25) is 9.59 Å². The molecule has 2 heterocycles. The van der Waals surface area contributed by atoms with Crippen LogP contribution in [0.15, 0.2) is 30.5 Å². The zero-order valence-corrected chi connectivity index (χ0v) is 17.9. The lowest BCUT2D eigenvalue weighted by atomic mass is 9.92. The summed E-state index contributed by atoms with van der Waals surface area (Å²) < 4.78 is 5.43. The molecule has 0 saturated carbocycles. The summed E-state index contributed by atoms with van der Waals surface area (Å²) >= 11 is 0. The Morgan fingerprint density at radius 1 is 1.16 bits per heavy atom. The molecule has 2 amide bonds. The number of carbonyl (C=O) groups is 2. The molecule has 9 nitrogen and oxygen atoms in total. The van der Waals surface area contributed by atoms with Crippen LogP contribution in [0, 0.1) is 5.92 Å². The number of nitrogens with one attached hydrogen (secondary N) is 2. The highest BCUT2D eigenvalue weighted by Gasteiger charge is 2.20. The van der Waals surface area contributed by atoms with Crippen molar-refractivity contribution in [3.8, 4) is 0 Å². The summed E-state index contributed by atoms with van der Waals surface area (Å²) in [5.74, 6) is 0.0515. The minimum Gasteiger partial charge on any atom is -0.381 e. The Balaban J connectivity index is 1.79. The van der Waals surface area contributed by atoms with Gasteiger partial charge in [0.1, 0.15) is 17.4 Å². The number of carbonyl (C=O) groups excluding carboxylic acids is 2. The molecule has 3 rings (SSSR count). The second-order valence-electron chi connectivity index (χ2n) is 8.18. The first-order valence-electron chi connectivity index (χ1n) is 10.5. The molecule has 1 aromatic heterocycles. The van der Waals surface area contributed by atoms with E-state index >= 15 is 0 Å². The van der Waals surface area contributed by atoms with Crippen LogP contribution in [0.1, 0.15) is 54.9 Å². The van der Waals surface area contributed by atoms with Crippen molar-refractivity contribution in [3.63, 3.8) is 0 Å². The highest BCUT2D eigenvalue weighted by Crippen LogP contribution is 2.28. The Morgan fingerprint density at radius 3 is 2.42 bits per heavy atom. The van der Waals surface area contributed by atoms with Gasteiger partial charge >= 0.3 is 0 Å². The van der Waals surface area contributed by atoms with Crippen molar-refractivity contribution in [2.24, 2.45) is 17.4 Å². The fourth-order valence-corrected chi connectivity index (χ4v) is 3.61. The van der Waals surface area contributed by atoms with Crippen LogP contribution >= 0.6 is 0 Å². The summed E-state index contributed by atoms with van der Waals surface area (Å²) in [6, 6.07) is 7.39. The molecule has 1 saturated heterocycles. The van der Waals surface area contributed by atoms with Crippen molar-refractivity contribution < 1.29 is 14.3 Å². The molecule has 1 fully saturated rings. The standard InChI is InChI=1S/C22H30N6O3/c1-13(2)11-18(20(24)30)27-22-25-12-17(19(23)29)21(28-22)26-16-5-3-14(4-6-16)15-7-9-31-10-8-15/h3-6,12-13,15,18H,7-11H2,1-2H3,(H2,23,29)(H2,24,30)(H2,25,26,27,28)/t18-/m1/s1. The number of aromatic nitrogens is 2. The number of ether oxygens (including phenoxy) is 1. The number of nitrogens with two attached hydrogens (primary N) is 2. The van der Waals surface area contributed by atoms with Crippen LogP contribution in [0.25, 0.3) is 0 Å². The number of anilines is 3. The first kappa shape index (κ1) is 22.5. The van der Waals surface area contributed by atoms with E-state index in [-0.39, 0.29) is 23.2 Å². The van der Waals surface area contributed by atoms with Crippen molar-refractivity contribution in [2.75, 3.05) is 23.8 Å². The molecule has 1 aliphatic rings. The highest BCUT2D eigenvalue weighted by molar-refractivity contribution is 5.98. The maximum absolute atomic E-state index is 11.9. The quantitative estimate of drug-likeness (QED) is 0.482. The van der Waals surface area contributed by atoms with Crippen molar-refractivity contribution in [3.05, 3.63) is 41.6 Å². The fourth-order valence-electron chi connectivity index (χ4n) is 3.61. The summed E-state index contributed by atoms with van der Waals surface area (Å²) in [5.41, 5.74) is 13.2. The van der Waals surface area contributed by atoms with Crippen LogP contribution in [-0.2, 0) is 9.53 Å². The molecule has 31 heavy (non-hydrogen) atoms. The third-order valence-corrected chi connectivity index (χ3v) is 5.27. The van der Waals surface area contributed by atoms with E-state index in [1.807, 2.05) is 26.0 Å². The number of hydrogen-bond acceptors (Lipinski definition) is 7. The Hall–Kier alpha value is -3.20. The second-order valence-corrected chi connectivity index (χ2v) is 8.18. The molecule has 1 aromatic carbocycles. The van der Waals surface area contributed by atoms with Crippen LogP contribution in [0.3, 0.4) is 0 Å².